The second kappa shape index (κ2) is 9.34. The zero-order valence-corrected chi connectivity index (χ0v) is 16.0. The first-order chi connectivity index (χ1) is 12.8. The predicted molar refractivity (Wildman–Crippen MR) is 104 cm³/mol. The van der Waals surface area contributed by atoms with E-state index in [1.807, 2.05) is 0 Å². The first-order valence-electron chi connectivity index (χ1n) is 8.20. The van der Waals surface area contributed by atoms with Gasteiger partial charge >= 0.3 is 0 Å². The van der Waals surface area contributed by atoms with Gasteiger partial charge in [-0.2, -0.15) is 0 Å². The molecule has 1 atom stereocenters. The fourth-order valence-corrected chi connectivity index (χ4v) is 2.48. The van der Waals surface area contributed by atoms with Gasteiger partial charge in [-0.15, -0.1) is 0 Å². The van der Waals surface area contributed by atoms with Gasteiger partial charge in [0, 0.05) is 10.7 Å². The van der Waals surface area contributed by atoms with E-state index in [1.54, 1.807) is 37.1 Å². The van der Waals surface area contributed by atoms with Crippen molar-refractivity contribution in [2.75, 3.05) is 31.3 Å². The molecule has 2 aromatic carbocycles. The third-order valence-electron chi connectivity index (χ3n) is 3.98. The summed E-state index contributed by atoms with van der Waals surface area (Å²) >= 11 is 5.95. The number of ether oxygens (including phenoxy) is 1. The number of halogens is 2. The molecule has 0 aromatic heterocycles. The quantitative estimate of drug-likeness (QED) is 0.756. The molecule has 0 heterocycles. The van der Waals surface area contributed by atoms with Crippen molar-refractivity contribution >= 4 is 34.8 Å². The number of benzene rings is 2. The highest BCUT2D eigenvalue weighted by atomic mass is 35.5. The van der Waals surface area contributed by atoms with Gasteiger partial charge in [0.05, 0.1) is 25.4 Å². The van der Waals surface area contributed by atoms with Crippen molar-refractivity contribution in [3.8, 4) is 5.75 Å². The van der Waals surface area contributed by atoms with Crippen molar-refractivity contribution in [2.45, 2.75) is 13.0 Å². The minimum absolute atomic E-state index is 0.0202. The van der Waals surface area contributed by atoms with Gasteiger partial charge in [-0.05, 0) is 56.4 Å². The molecule has 2 aromatic rings. The average Bonchev–Trinajstić information content (AvgIpc) is 2.63. The van der Waals surface area contributed by atoms with Crippen LogP contribution in [0, 0.1) is 5.82 Å². The van der Waals surface area contributed by atoms with Crippen molar-refractivity contribution in [3.05, 3.63) is 53.3 Å². The Morgan fingerprint density at radius 2 is 1.85 bits per heavy atom. The first kappa shape index (κ1) is 20.7. The summed E-state index contributed by atoms with van der Waals surface area (Å²) < 4.78 is 18.1. The molecule has 2 rings (SSSR count). The molecular weight excluding hydrogens is 373 g/mol. The lowest BCUT2D eigenvalue weighted by Crippen LogP contribution is -2.43. The Hall–Kier alpha value is -2.64. The Bertz CT molecular complexity index is 814. The molecule has 8 heteroatoms. The minimum Gasteiger partial charge on any atom is -0.495 e. The summed E-state index contributed by atoms with van der Waals surface area (Å²) in [5.74, 6) is -0.527. The molecule has 0 spiro atoms. The highest BCUT2D eigenvalue weighted by Gasteiger charge is 2.21. The summed E-state index contributed by atoms with van der Waals surface area (Å²) in [5.41, 5.74) is 0.932. The molecule has 27 heavy (non-hydrogen) atoms. The third-order valence-corrected chi connectivity index (χ3v) is 4.22. The van der Waals surface area contributed by atoms with E-state index >= 15 is 0 Å². The van der Waals surface area contributed by atoms with Crippen LogP contribution in [0.25, 0.3) is 0 Å². The molecule has 144 valence electrons. The number of rotatable bonds is 7. The molecule has 2 amide bonds. The largest absolute Gasteiger partial charge is 0.495 e. The van der Waals surface area contributed by atoms with Crippen LogP contribution in [0.5, 0.6) is 5.75 Å². The Kier molecular flexibility index (Phi) is 7.15. The summed E-state index contributed by atoms with van der Waals surface area (Å²) in [5, 5.41) is 5.87. The van der Waals surface area contributed by atoms with E-state index in [-0.39, 0.29) is 24.2 Å². The van der Waals surface area contributed by atoms with Crippen LogP contribution < -0.4 is 15.4 Å². The monoisotopic (exact) mass is 393 g/mol. The second-order valence-corrected chi connectivity index (χ2v) is 6.42. The molecule has 0 radical (unpaired) electrons. The highest BCUT2D eigenvalue weighted by Crippen LogP contribution is 2.27. The van der Waals surface area contributed by atoms with E-state index in [4.69, 9.17) is 16.3 Å². The van der Waals surface area contributed by atoms with E-state index in [1.165, 1.54) is 31.4 Å². The molecule has 0 aliphatic carbocycles. The molecule has 0 saturated carbocycles. The average molecular weight is 394 g/mol. The SMILES string of the molecule is COc1ccc(Cl)cc1NC(=O)CN(C)[C@H](C)C(=O)Nc1ccc(F)cc1. The standard InChI is InChI=1S/C19H21ClFN3O3/c1-12(19(26)22-15-7-5-14(21)6-8-15)24(2)11-18(25)23-16-10-13(20)4-9-17(16)27-3/h4-10,12H,11H2,1-3H3,(H,22,26)(H,23,25)/t12-/m1/s1. The van der Waals surface area contributed by atoms with E-state index in [0.717, 1.165) is 0 Å². The van der Waals surface area contributed by atoms with Crippen LogP contribution in [0.3, 0.4) is 0 Å². The topological polar surface area (TPSA) is 70.7 Å². The maximum Gasteiger partial charge on any atom is 0.241 e. The van der Waals surface area contributed by atoms with Crippen molar-refractivity contribution in [2.24, 2.45) is 0 Å². The van der Waals surface area contributed by atoms with Gasteiger partial charge in [0.15, 0.2) is 0 Å². The maximum atomic E-state index is 12.9. The Morgan fingerprint density at radius 1 is 1.19 bits per heavy atom. The molecule has 0 aliphatic rings. The van der Waals surface area contributed by atoms with E-state index in [2.05, 4.69) is 10.6 Å². The molecular formula is C19H21ClFN3O3. The molecule has 6 nitrogen and oxygen atoms in total. The van der Waals surface area contributed by atoms with Crippen molar-refractivity contribution in [1.29, 1.82) is 0 Å². The number of carbonyl (C=O) groups is 2. The summed E-state index contributed by atoms with van der Waals surface area (Å²) in [6.07, 6.45) is 0. The Balaban J connectivity index is 1.94. The summed E-state index contributed by atoms with van der Waals surface area (Å²) in [7, 11) is 3.15. The minimum atomic E-state index is -0.581. The van der Waals surface area contributed by atoms with Gasteiger partial charge in [-0.25, -0.2) is 4.39 Å². The highest BCUT2D eigenvalue weighted by molar-refractivity contribution is 6.31. The van der Waals surface area contributed by atoms with Gasteiger partial charge in [0.25, 0.3) is 0 Å². The zero-order chi connectivity index (χ0) is 20.0. The number of hydrogen-bond acceptors (Lipinski definition) is 4. The van der Waals surface area contributed by atoms with Gasteiger partial charge in [0.1, 0.15) is 11.6 Å². The van der Waals surface area contributed by atoms with Gasteiger partial charge in [-0.1, -0.05) is 11.6 Å². The van der Waals surface area contributed by atoms with Crippen LogP contribution >= 0.6 is 11.6 Å². The molecule has 0 unspecified atom stereocenters. The van der Waals surface area contributed by atoms with Gasteiger partial charge < -0.3 is 15.4 Å². The van der Waals surface area contributed by atoms with Crippen LogP contribution in [-0.4, -0.2) is 43.5 Å². The van der Waals surface area contributed by atoms with Crippen molar-refractivity contribution in [3.63, 3.8) is 0 Å². The number of likely N-dealkylation sites (N-methyl/N-ethyl adjacent to an activating group) is 1. The fourth-order valence-electron chi connectivity index (χ4n) is 2.31. The summed E-state index contributed by atoms with van der Waals surface area (Å²) in [4.78, 5) is 26.2. The molecule has 0 aliphatic heterocycles. The van der Waals surface area contributed by atoms with Crippen LogP contribution in [0.1, 0.15) is 6.92 Å². The molecule has 0 fully saturated rings. The molecule has 0 bridgehead atoms. The molecule has 0 saturated heterocycles. The van der Waals surface area contributed by atoms with Crippen LogP contribution in [-0.2, 0) is 9.59 Å². The lowest BCUT2D eigenvalue weighted by atomic mass is 10.2. The molecule has 2 N–H and O–H groups in total. The number of nitrogens with zero attached hydrogens (tertiary/aromatic N) is 1. The number of methoxy groups -OCH3 is 1. The van der Waals surface area contributed by atoms with Crippen molar-refractivity contribution in [1.82, 2.24) is 4.90 Å². The van der Waals surface area contributed by atoms with Crippen LogP contribution in [0.4, 0.5) is 15.8 Å². The Labute approximate surface area is 162 Å². The van der Waals surface area contributed by atoms with Crippen molar-refractivity contribution < 1.29 is 18.7 Å². The normalized spacial score (nSPS) is 11.8. The van der Waals surface area contributed by atoms with Crippen LogP contribution in [0.15, 0.2) is 42.5 Å². The third kappa shape index (κ3) is 5.94. The van der Waals surface area contributed by atoms with E-state index in [9.17, 15) is 14.0 Å². The number of carbonyl (C=O) groups excluding carboxylic acids is 2. The first-order valence-corrected chi connectivity index (χ1v) is 8.58. The van der Waals surface area contributed by atoms with E-state index < -0.39 is 6.04 Å². The van der Waals surface area contributed by atoms with Gasteiger partial charge in [0.2, 0.25) is 11.8 Å². The maximum absolute atomic E-state index is 12.9. The van der Waals surface area contributed by atoms with Gasteiger partial charge in [-0.3, -0.25) is 14.5 Å². The van der Waals surface area contributed by atoms with Crippen LogP contribution in [0.2, 0.25) is 5.02 Å². The number of amides is 2. The predicted octanol–water partition coefficient (Wildman–Crippen LogP) is 3.39. The zero-order valence-electron chi connectivity index (χ0n) is 15.3. The summed E-state index contributed by atoms with van der Waals surface area (Å²) in [6.45, 7) is 1.65. The second-order valence-electron chi connectivity index (χ2n) is 5.98. The number of nitrogens with one attached hydrogen (secondary N) is 2. The lowest BCUT2D eigenvalue weighted by Gasteiger charge is -2.23. The van der Waals surface area contributed by atoms with E-state index in [0.29, 0.717) is 22.1 Å². The Morgan fingerprint density at radius 3 is 2.48 bits per heavy atom. The lowest BCUT2D eigenvalue weighted by molar-refractivity contribution is -0.122. The smallest absolute Gasteiger partial charge is 0.241 e. The fraction of sp³-hybridized carbons (Fsp3) is 0.263. The number of anilines is 2. The summed E-state index contributed by atoms with van der Waals surface area (Å²) in [6, 6.07) is 9.77. The number of hydrogen-bond donors (Lipinski definition) is 2.